The molecule has 0 aromatic heterocycles. The molecule has 2 nitrogen and oxygen atoms in total. The van der Waals surface area contributed by atoms with Crippen LogP contribution >= 0.6 is 0 Å². The molecule has 0 radical (unpaired) electrons. The summed E-state index contributed by atoms with van der Waals surface area (Å²) >= 11 is 0. The van der Waals surface area contributed by atoms with Crippen molar-refractivity contribution < 1.29 is 9.18 Å². The number of amides is 1. The fourth-order valence-electron chi connectivity index (χ4n) is 1.47. The molecule has 1 rings (SSSR count). The van der Waals surface area contributed by atoms with E-state index in [1.807, 2.05) is 19.1 Å². The third-order valence-electron chi connectivity index (χ3n) is 2.46. The summed E-state index contributed by atoms with van der Waals surface area (Å²) in [7, 11) is 0. The predicted octanol–water partition coefficient (Wildman–Crippen LogP) is 2.75. The van der Waals surface area contributed by atoms with Crippen LogP contribution in [-0.2, 0) is 11.2 Å². The Morgan fingerprint density at radius 1 is 1.47 bits per heavy atom. The summed E-state index contributed by atoms with van der Waals surface area (Å²) in [4.78, 5) is 10.9. The lowest BCUT2D eigenvalue weighted by Crippen LogP contribution is -2.11. The molecule has 0 saturated heterocycles. The first kappa shape index (κ1) is 13.2. The average molecular weight is 233 g/mol. The minimum absolute atomic E-state index is 0.256. The Bertz CT molecular complexity index is 475. The zero-order chi connectivity index (χ0) is 12.8. The number of allylic oxidation sites excluding steroid dienone is 3. The monoisotopic (exact) mass is 233 g/mol. The summed E-state index contributed by atoms with van der Waals surface area (Å²) in [5, 5.41) is 0. The number of hydrogen-bond acceptors (Lipinski definition) is 1. The van der Waals surface area contributed by atoms with Crippen molar-refractivity contribution >= 4 is 5.91 Å². The van der Waals surface area contributed by atoms with E-state index in [9.17, 15) is 9.18 Å². The molecular formula is C14H16FNO. The number of carbonyl (C=O) groups is 1. The first-order chi connectivity index (χ1) is 8.02. The zero-order valence-electron chi connectivity index (χ0n) is 10.0. The molecular weight excluding hydrogens is 217 g/mol. The number of nitrogens with two attached hydrogens (primary N) is 1. The Morgan fingerprint density at radius 3 is 2.71 bits per heavy atom. The molecule has 1 amide bonds. The number of rotatable bonds is 4. The van der Waals surface area contributed by atoms with Crippen molar-refractivity contribution in [1.29, 1.82) is 0 Å². The minimum Gasteiger partial charge on any atom is -0.366 e. The van der Waals surface area contributed by atoms with E-state index in [1.165, 1.54) is 12.1 Å². The number of benzene rings is 1. The molecule has 0 spiro atoms. The van der Waals surface area contributed by atoms with E-state index in [0.29, 0.717) is 12.0 Å². The fourth-order valence-corrected chi connectivity index (χ4v) is 1.47. The van der Waals surface area contributed by atoms with Gasteiger partial charge in [-0.05, 0) is 43.5 Å². The normalized spacial score (nSPS) is 12.6. The largest absolute Gasteiger partial charge is 0.366 e. The summed E-state index contributed by atoms with van der Waals surface area (Å²) < 4.78 is 13.0. The second-order valence-corrected chi connectivity index (χ2v) is 3.86. The highest BCUT2D eigenvalue weighted by molar-refractivity contribution is 5.91. The minimum atomic E-state index is -0.441. The molecule has 0 saturated carbocycles. The number of carbonyl (C=O) groups excluding carboxylic acids is 1. The van der Waals surface area contributed by atoms with Gasteiger partial charge in [-0.25, -0.2) is 4.39 Å². The van der Waals surface area contributed by atoms with Gasteiger partial charge >= 0.3 is 0 Å². The van der Waals surface area contributed by atoms with Crippen LogP contribution in [0.2, 0.25) is 0 Å². The highest BCUT2D eigenvalue weighted by Gasteiger charge is 2.01. The van der Waals surface area contributed by atoms with Crippen molar-refractivity contribution in [2.45, 2.75) is 20.3 Å². The van der Waals surface area contributed by atoms with Crippen molar-refractivity contribution in [3.8, 4) is 0 Å². The van der Waals surface area contributed by atoms with Gasteiger partial charge in [-0.2, -0.15) is 0 Å². The smallest absolute Gasteiger partial charge is 0.244 e. The number of hydrogen-bond donors (Lipinski definition) is 1. The van der Waals surface area contributed by atoms with E-state index in [4.69, 9.17) is 5.73 Å². The van der Waals surface area contributed by atoms with Crippen LogP contribution in [0.4, 0.5) is 4.39 Å². The molecule has 0 unspecified atom stereocenters. The van der Waals surface area contributed by atoms with Crippen molar-refractivity contribution in [2.75, 3.05) is 0 Å². The highest BCUT2D eigenvalue weighted by Crippen LogP contribution is 2.12. The lowest BCUT2D eigenvalue weighted by molar-refractivity contribution is -0.114. The standard InChI is InChI=1S/C14H16FNO/c1-3-11(7-10(2)14(16)17)8-12-5-4-6-13(15)9-12/h3-7,9H,8H2,1-2H3,(H2,16,17)/b10-7+,11-3+. The van der Waals surface area contributed by atoms with Crippen LogP contribution in [0.15, 0.2) is 47.6 Å². The Balaban J connectivity index is 2.86. The maximum atomic E-state index is 13.0. The van der Waals surface area contributed by atoms with Crippen LogP contribution in [0.1, 0.15) is 19.4 Å². The first-order valence-electron chi connectivity index (χ1n) is 5.40. The summed E-state index contributed by atoms with van der Waals surface area (Å²) in [6, 6.07) is 6.41. The molecule has 0 heterocycles. The Labute approximate surface area is 101 Å². The van der Waals surface area contributed by atoms with E-state index in [2.05, 4.69) is 0 Å². The number of halogens is 1. The maximum absolute atomic E-state index is 13.0. The summed E-state index contributed by atoms with van der Waals surface area (Å²) in [6.07, 6.45) is 4.20. The molecule has 3 heteroatoms. The second-order valence-electron chi connectivity index (χ2n) is 3.86. The highest BCUT2D eigenvalue weighted by atomic mass is 19.1. The molecule has 17 heavy (non-hydrogen) atoms. The van der Waals surface area contributed by atoms with Crippen LogP contribution < -0.4 is 5.73 Å². The molecule has 1 aromatic rings. The Hall–Kier alpha value is -1.90. The lowest BCUT2D eigenvalue weighted by Gasteiger charge is -2.04. The number of primary amides is 1. The zero-order valence-corrected chi connectivity index (χ0v) is 10.0. The summed E-state index contributed by atoms with van der Waals surface area (Å²) in [6.45, 7) is 3.54. The fraction of sp³-hybridized carbons (Fsp3) is 0.214. The molecule has 0 fully saturated rings. The second kappa shape index (κ2) is 5.99. The van der Waals surface area contributed by atoms with Gasteiger partial charge in [-0.1, -0.05) is 24.3 Å². The molecule has 2 N–H and O–H groups in total. The SMILES string of the molecule is C/C=C(\C=C(/C)C(N)=O)Cc1cccc(F)c1. The molecule has 90 valence electrons. The average Bonchev–Trinajstić information content (AvgIpc) is 2.27. The molecule has 1 aromatic carbocycles. The van der Waals surface area contributed by atoms with Crippen molar-refractivity contribution in [1.82, 2.24) is 0 Å². The maximum Gasteiger partial charge on any atom is 0.244 e. The van der Waals surface area contributed by atoms with Gasteiger partial charge in [0.05, 0.1) is 0 Å². The summed E-state index contributed by atoms with van der Waals surface area (Å²) in [5.41, 5.74) is 7.46. The van der Waals surface area contributed by atoms with Crippen LogP contribution in [0.5, 0.6) is 0 Å². The van der Waals surface area contributed by atoms with Crippen LogP contribution in [0.3, 0.4) is 0 Å². The van der Waals surface area contributed by atoms with E-state index >= 15 is 0 Å². The molecule has 0 aliphatic carbocycles. The third kappa shape index (κ3) is 4.23. The lowest BCUT2D eigenvalue weighted by atomic mass is 10.0. The van der Waals surface area contributed by atoms with Gasteiger partial charge in [0.2, 0.25) is 5.91 Å². The van der Waals surface area contributed by atoms with Crippen molar-refractivity contribution in [3.63, 3.8) is 0 Å². The Morgan fingerprint density at radius 2 is 2.18 bits per heavy atom. The first-order valence-corrected chi connectivity index (χ1v) is 5.40. The van der Waals surface area contributed by atoms with Crippen molar-refractivity contribution in [2.24, 2.45) is 5.73 Å². The van der Waals surface area contributed by atoms with E-state index in [-0.39, 0.29) is 5.82 Å². The van der Waals surface area contributed by atoms with Gasteiger partial charge in [0.1, 0.15) is 5.82 Å². The summed E-state index contributed by atoms with van der Waals surface area (Å²) in [5.74, 6) is -0.697. The molecule has 0 aliphatic rings. The van der Waals surface area contributed by atoms with Gasteiger partial charge in [0, 0.05) is 5.57 Å². The van der Waals surface area contributed by atoms with Gasteiger partial charge in [-0.3, -0.25) is 4.79 Å². The van der Waals surface area contributed by atoms with Gasteiger partial charge in [-0.15, -0.1) is 0 Å². The van der Waals surface area contributed by atoms with Crippen LogP contribution in [0, 0.1) is 5.82 Å². The van der Waals surface area contributed by atoms with Gasteiger partial charge < -0.3 is 5.73 Å². The van der Waals surface area contributed by atoms with Gasteiger partial charge in [0.15, 0.2) is 0 Å². The van der Waals surface area contributed by atoms with E-state index in [0.717, 1.165) is 11.1 Å². The quantitative estimate of drug-likeness (QED) is 0.630. The molecule has 0 atom stereocenters. The van der Waals surface area contributed by atoms with E-state index < -0.39 is 5.91 Å². The molecule has 0 bridgehead atoms. The topological polar surface area (TPSA) is 43.1 Å². The van der Waals surface area contributed by atoms with Gasteiger partial charge in [0.25, 0.3) is 0 Å². The van der Waals surface area contributed by atoms with Crippen LogP contribution in [-0.4, -0.2) is 5.91 Å². The predicted molar refractivity (Wildman–Crippen MR) is 66.8 cm³/mol. The molecule has 0 aliphatic heterocycles. The van der Waals surface area contributed by atoms with Crippen molar-refractivity contribution in [3.05, 3.63) is 58.9 Å². The van der Waals surface area contributed by atoms with E-state index in [1.54, 1.807) is 19.1 Å². The Kier molecular flexibility index (Phi) is 4.64. The third-order valence-corrected chi connectivity index (χ3v) is 2.46. The van der Waals surface area contributed by atoms with Crippen LogP contribution in [0.25, 0.3) is 0 Å².